The smallest absolute Gasteiger partial charge is 0.0471 e. The molecule has 2 N–H and O–H groups in total. The fourth-order valence-corrected chi connectivity index (χ4v) is 2.94. The monoisotopic (exact) mass is 252 g/mol. The molecule has 1 aliphatic heterocycles. The van der Waals surface area contributed by atoms with Crippen LogP contribution in [0.15, 0.2) is 18.2 Å². The SMILES string of the molecule is CC1CCCN(c2cccc(Cl)c2CN)C1C. The van der Waals surface area contributed by atoms with Gasteiger partial charge in [-0.2, -0.15) is 0 Å². The number of rotatable bonds is 2. The molecule has 1 aliphatic rings. The molecule has 2 rings (SSSR count). The largest absolute Gasteiger partial charge is 0.368 e. The Labute approximate surface area is 109 Å². The van der Waals surface area contributed by atoms with E-state index in [1.807, 2.05) is 12.1 Å². The zero-order valence-electron chi connectivity index (χ0n) is 10.6. The van der Waals surface area contributed by atoms with Crippen LogP contribution in [0.5, 0.6) is 0 Å². The first kappa shape index (κ1) is 12.7. The normalized spacial score (nSPS) is 25.1. The van der Waals surface area contributed by atoms with Crippen LogP contribution in [0.4, 0.5) is 5.69 Å². The van der Waals surface area contributed by atoms with Gasteiger partial charge >= 0.3 is 0 Å². The van der Waals surface area contributed by atoms with Crippen LogP contribution in [0.3, 0.4) is 0 Å². The molecule has 0 saturated carbocycles. The third-order valence-corrected chi connectivity index (χ3v) is 4.34. The van der Waals surface area contributed by atoms with E-state index in [2.05, 4.69) is 24.8 Å². The minimum absolute atomic E-state index is 0.507. The summed E-state index contributed by atoms with van der Waals surface area (Å²) in [5, 5.41) is 0.787. The first-order valence-electron chi connectivity index (χ1n) is 6.39. The van der Waals surface area contributed by atoms with Crippen LogP contribution >= 0.6 is 11.6 Å². The highest BCUT2D eigenvalue weighted by molar-refractivity contribution is 6.31. The predicted molar refractivity (Wildman–Crippen MR) is 74.5 cm³/mol. The summed E-state index contributed by atoms with van der Waals surface area (Å²) in [5.41, 5.74) is 8.13. The summed E-state index contributed by atoms with van der Waals surface area (Å²) in [5.74, 6) is 0.730. The molecule has 1 fully saturated rings. The van der Waals surface area contributed by atoms with Crippen LogP contribution in [0, 0.1) is 5.92 Å². The van der Waals surface area contributed by atoms with Gasteiger partial charge in [0, 0.05) is 35.4 Å². The number of anilines is 1. The molecule has 1 aromatic rings. The molecule has 0 radical (unpaired) electrons. The van der Waals surface area contributed by atoms with Crippen molar-refractivity contribution >= 4 is 17.3 Å². The van der Waals surface area contributed by atoms with E-state index >= 15 is 0 Å². The van der Waals surface area contributed by atoms with Crippen LogP contribution in [0.25, 0.3) is 0 Å². The van der Waals surface area contributed by atoms with Crippen LogP contribution in [-0.4, -0.2) is 12.6 Å². The van der Waals surface area contributed by atoms with E-state index in [9.17, 15) is 0 Å². The first-order valence-corrected chi connectivity index (χ1v) is 6.77. The maximum absolute atomic E-state index is 6.23. The second kappa shape index (κ2) is 5.28. The van der Waals surface area contributed by atoms with Crippen molar-refractivity contribution in [3.05, 3.63) is 28.8 Å². The molecule has 1 saturated heterocycles. The molecule has 0 aromatic heterocycles. The van der Waals surface area contributed by atoms with E-state index < -0.39 is 0 Å². The molecule has 3 heteroatoms. The number of piperidine rings is 1. The van der Waals surface area contributed by atoms with E-state index in [4.69, 9.17) is 17.3 Å². The van der Waals surface area contributed by atoms with Gasteiger partial charge in [0.15, 0.2) is 0 Å². The molecule has 0 bridgehead atoms. The fourth-order valence-electron chi connectivity index (χ4n) is 2.69. The second-order valence-electron chi connectivity index (χ2n) is 5.00. The molecule has 0 aliphatic carbocycles. The van der Waals surface area contributed by atoms with Gasteiger partial charge in [0.25, 0.3) is 0 Å². The Hall–Kier alpha value is -0.730. The van der Waals surface area contributed by atoms with Gasteiger partial charge in [-0.25, -0.2) is 0 Å². The highest BCUT2D eigenvalue weighted by atomic mass is 35.5. The van der Waals surface area contributed by atoms with Crippen molar-refractivity contribution in [2.75, 3.05) is 11.4 Å². The van der Waals surface area contributed by atoms with Crippen molar-refractivity contribution in [2.24, 2.45) is 11.7 Å². The first-order chi connectivity index (χ1) is 8.15. The molecule has 2 unspecified atom stereocenters. The van der Waals surface area contributed by atoms with E-state index in [1.165, 1.54) is 18.5 Å². The van der Waals surface area contributed by atoms with Gasteiger partial charge in [-0.15, -0.1) is 0 Å². The van der Waals surface area contributed by atoms with E-state index in [-0.39, 0.29) is 0 Å². The van der Waals surface area contributed by atoms with Gasteiger partial charge < -0.3 is 10.6 Å². The van der Waals surface area contributed by atoms with E-state index in [1.54, 1.807) is 0 Å². The number of nitrogens with two attached hydrogens (primary N) is 1. The number of hydrogen-bond donors (Lipinski definition) is 1. The highest BCUT2D eigenvalue weighted by Gasteiger charge is 2.26. The molecule has 17 heavy (non-hydrogen) atoms. The Balaban J connectivity index is 2.35. The van der Waals surface area contributed by atoms with E-state index in [0.717, 1.165) is 23.0 Å². The van der Waals surface area contributed by atoms with Crippen molar-refractivity contribution in [3.63, 3.8) is 0 Å². The lowest BCUT2D eigenvalue weighted by atomic mass is 9.91. The van der Waals surface area contributed by atoms with Gasteiger partial charge in [-0.05, 0) is 37.8 Å². The number of benzene rings is 1. The average Bonchev–Trinajstić information content (AvgIpc) is 2.32. The van der Waals surface area contributed by atoms with Crippen LogP contribution < -0.4 is 10.6 Å². The molecular weight excluding hydrogens is 232 g/mol. The van der Waals surface area contributed by atoms with Crippen molar-refractivity contribution < 1.29 is 0 Å². The van der Waals surface area contributed by atoms with Crippen molar-refractivity contribution in [1.82, 2.24) is 0 Å². The zero-order chi connectivity index (χ0) is 12.4. The Kier molecular flexibility index (Phi) is 3.95. The fraction of sp³-hybridized carbons (Fsp3) is 0.571. The van der Waals surface area contributed by atoms with Gasteiger partial charge in [0.1, 0.15) is 0 Å². The molecule has 1 heterocycles. The second-order valence-corrected chi connectivity index (χ2v) is 5.40. The summed E-state index contributed by atoms with van der Waals surface area (Å²) in [6, 6.07) is 6.64. The van der Waals surface area contributed by atoms with E-state index in [0.29, 0.717) is 12.6 Å². The lowest BCUT2D eigenvalue weighted by Gasteiger charge is -2.40. The molecule has 0 spiro atoms. The minimum Gasteiger partial charge on any atom is -0.368 e. The molecule has 2 atom stereocenters. The maximum atomic E-state index is 6.23. The van der Waals surface area contributed by atoms with Gasteiger partial charge in [-0.1, -0.05) is 24.6 Å². The maximum Gasteiger partial charge on any atom is 0.0471 e. The number of hydrogen-bond acceptors (Lipinski definition) is 2. The quantitative estimate of drug-likeness (QED) is 0.874. The van der Waals surface area contributed by atoms with Crippen molar-refractivity contribution in [3.8, 4) is 0 Å². The molecule has 2 nitrogen and oxygen atoms in total. The van der Waals surface area contributed by atoms with Crippen molar-refractivity contribution in [2.45, 2.75) is 39.3 Å². The molecule has 0 amide bonds. The summed E-state index contributed by atoms with van der Waals surface area (Å²) < 4.78 is 0. The third-order valence-electron chi connectivity index (χ3n) is 3.98. The van der Waals surface area contributed by atoms with Crippen LogP contribution in [0.1, 0.15) is 32.3 Å². The van der Waals surface area contributed by atoms with Gasteiger partial charge in [0.05, 0.1) is 0 Å². The Morgan fingerprint density at radius 2 is 2.18 bits per heavy atom. The zero-order valence-corrected chi connectivity index (χ0v) is 11.4. The Morgan fingerprint density at radius 1 is 1.41 bits per heavy atom. The average molecular weight is 253 g/mol. The summed E-state index contributed by atoms with van der Waals surface area (Å²) in [6.45, 7) is 6.24. The van der Waals surface area contributed by atoms with Gasteiger partial charge in [0.2, 0.25) is 0 Å². The standard InChI is InChI=1S/C14H21ClN2/c1-10-5-4-8-17(11(10)2)14-7-3-6-13(15)12(14)9-16/h3,6-7,10-11H,4-5,8-9,16H2,1-2H3. The predicted octanol–water partition coefficient (Wildman–Crippen LogP) is 3.42. The van der Waals surface area contributed by atoms with Crippen LogP contribution in [0.2, 0.25) is 5.02 Å². The molecule has 1 aromatic carbocycles. The Morgan fingerprint density at radius 3 is 2.88 bits per heavy atom. The summed E-state index contributed by atoms with van der Waals surface area (Å²) >= 11 is 6.23. The summed E-state index contributed by atoms with van der Waals surface area (Å²) in [7, 11) is 0. The highest BCUT2D eigenvalue weighted by Crippen LogP contribution is 2.33. The summed E-state index contributed by atoms with van der Waals surface area (Å²) in [6.07, 6.45) is 2.57. The number of halogens is 1. The third kappa shape index (κ3) is 2.43. The molecule has 94 valence electrons. The lowest BCUT2D eigenvalue weighted by Crippen LogP contribution is -2.43. The Bertz CT molecular complexity index is 392. The topological polar surface area (TPSA) is 29.3 Å². The number of nitrogens with zero attached hydrogens (tertiary/aromatic N) is 1. The lowest BCUT2D eigenvalue weighted by molar-refractivity contribution is 0.363. The van der Waals surface area contributed by atoms with Gasteiger partial charge in [-0.3, -0.25) is 0 Å². The summed E-state index contributed by atoms with van der Waals surface area (Å²) in [4.78, 5) is 2.46. The molecular formula is C14H21ClN2. The minimum atomic E-state index is 0.507. The van der Waals surface area contributed by atoms with Crippen LogP contribution in [-0.2, 0) is 6.54 Å². The van der Waals surface area contributed by atoms with Crippen molar-refractivity contribution in [1.29, 1.82) is 0 Å².